The number of nitrogens with zero attached hydrogens (tertiary/aromatic N) is 3. The van der Waals surface area contributed by atoms with Crippen LogP contribution < -0.4 is 4.90 Å². The standard InChI is InChI=1S/C21H23N3OS/c1-15-7-5-6-8-17(15)19-10-9-18(20(22-19)23(2)3)21(25)24(4)13-16-11-12-26-14-16/h5-12,14H,13H2,1-4H3. The largest absolute Gasteiger partial charge is 0.362 e. The number of aryl methyl sites for hydroxylation is 1. The Bertz CT molecular complexity index is 903. The number of carbonyl (C=O) groups is 1. The molecule has 3 rings (SSSR count). The van der Waals surface area contributed by atoms with Gasteiger partial charge in [-0.3, -0.25) is 4.79 Å². The third-order valence-electron chi connectivity index (χ3n) is 4.30. The normalized spacial score (nSPS) is 10.6. The van der Waals surface area contributed by atoms with Crippen molar-refractivity contribution in [3.63, 3.8) is 0 Å². The van der Waals surface area contributed by atoms with E-state index in [1.165, 1.54) is 5.56 Å². The molecule has 2 heterocycles. The number of rotatable bonds is 5. The third-order valence-corrected chi connectivity index (χ3v) is 5.03. The highest BCUT2D eigenvalue weighted by Gasteiger charge is 2.20. The van der Waals surface area contributed by atoms with E-state index < -0.39 is 0 Å². The Morgan fingerprint density at radius 3 is 2.50 bits per heavy atom. The molecule has 0 spiro atoms. The molecule has 5 heteroatoms. The van der Waals surface area contributed by atoms with E-state index in [0.717, 1.165) is 16.8 Å². The number of benzene rings is 1. The van der Waals surface area contributed by atoms with Gasteiger partial charge in [0.25, 0.3) is 5.91 Å². The smallest absolute Gasteiger partial charge is 0.257 e. The van der Waals surface area contributed by atoms with E-state index in [1.807, 2.05) is 61.8 Å². The molecule has 0 bridgehead atoms. The minimum atomic E-state index is -0.0243. The molecular weight excluding hydrogens is 342 g/mol. The Hall–Kier alpha value is -2.66. The predicted octanol–water partition coefficient (Wildman–Crippen LogP) is 4.46. The number of thiophene rings is 1. The van der Waals surface area contributed by atoms with Gasteiger partial charge >= 0.3 is 0 Å². The average molecular weight is 366 g/mol. The van der Waals surface area contributed by atoms with Gasteiger partial charge in [-0.15, -0.1) is 0 Å². The second-order valence-electron chi connectivity index (χ2n) is 6.57. The van der Waals surface area contributed by atoms with Gasteiger partial charge in [0.05, 0.1) is 11.3 Å². The van der Waals surface area contributed by atoms with E-state index in [2.05, 4.69) is 24.4 Å². The van der Waals surface area contributed by atoms with Crippen molar-refractivity contribution in [2.24, 2.45) is 0 Å². The van der Waals surface area contributed by atoms with Gasteiger partial charge < -0.3 is 9.80 Å². The summed E-state index contributed by atoms with van der Waals surface area (Å²) in [7, 11) is 5.66. The van der Waals surface area contributed by atoms with Gasteiger partial charge in [-0.2, -0.15) is 11.3 Å². The maximum atomic E-state index is 13.0. The van der Waals surface area contributed by atoms with Gasteiger partial charge in [0.1, 0.15) is 5.82 Å². The molecule has 0 aliphatic rings. The topological polar surface area (TPSA) is 36.4 Å². The summed E-state index contributed by atoms with van der Waals surface area (Å²) in [6.45, 7) is 2.66. The first-order chi connectivity index (χ1) is 12.5. The lowest BCUT2D eigenvalue weighted by Crippen LogP contribution is -2.28. The predicted molar refractivity (Wildman–Crippen MR) is 109 cm³/mol. The van der Waals surface area contributed by atoms with Crippen LogP contribution >= 0.6 is 11.3 Å². The molecule has 0 unspecified atom stereocenters. The molecule has 0 radical (unpaired) electrons. The summed E-state index contributed by atoms with van der Waals surface area (Å²) >= 11 is 1.64. The van der Waals surface area contributed by atoms with Crippen LogP contribution in [0.1, 0.15) is 21.5 Å². The molecule has 0 saturated carbocycles. The van der Waals surface area contributed by atoms with E-state index in [0.29, 0.717) is 17.9 Å². The van der Waals surface area contributed by atoms with E-state index >= 15 is 0 Å². The maximum Gasteiger partial charge on any atom is 0.257 e. The van der Waals surface area contributed by atoms with Crippen LogP contribution in [0.2, 0.25) is 0 Å². The second kappa shape index (κ2) is 7.70. The Morgan fingerprint density at radius 1 is 1.08 bits per heavy atom. The highest BCUT2D eigenvalue weighted by atomic mass is 32.1. The molecule has 1 amide bonds. The maximum absolute atomic E-state index is 13.0. The molecule has 0 saturated heterocycles. The molecule has 26 heavy (non-hydrogen) atoms. The summed E-state index contributed by atoms with van der Waals surface area (Å²) in [5.41, 5.74) is 4.88. The van der Waals surface area contributed by atoms with E-state index in [9.17, 15) is 4.79 Å². The quantitative estimate of drug-likeness (QED) is 0.670. The number of hydrogen-bond donors (Lipinski definition) is 0. The lowest BCUT2D eigenvalue weighted by molar-refractivity contribution is 0.0785. The van der Waals surface area contributed by atoms with Crippen molar-refractivity contribution in [1.29, 1.82) is 0 Å². The van der Waals surface area contributed by atoms with Crippen molar-refractivity contribution in [2.75, 3.05) is 26.0 Å². The van der Waals surface area contributed by atoms with E-state index in [4.69, 9.17) is 4.98 Å². The minimum absolute atomic E-state index is 0.0243. The zero-order valence-corrected chi connectivity index (χ0v) is 16.4. The van der Waals surface area contributed by atoms with Crippen LogP contribution in [0.4, 0.5) is 5.82 Å². The lowest BCUT2D eigenvalue weighted by Gasteiger charge is -2.22. The fraction of sp³-hybridized carbons (Fsp3) is 0.238. The van der Waals surface area contributed by atoms with Gasteiger partial charge in [-0.1, -0.05) is 24.3 Å². The molecule has 134 valence electrons. The number of hydrogen-bond acceptors (Lipinski definition) is 4. The number of pyridine rings is 1. The van der Waals surface area contributed by atoms with E-state index in [-0.39, 0.29) is 5.91 Å². The van der Waals surface area contributed by atoms with Gasteiger partial charge in [0, 0.05) is 33.3 Å². The fourth-order valence-corrected chi connectivity index (χ4v) is 3.56. The van der Waals surface area contributed by atoms with Crippen LogP contribution in [0.25, 0.3) is 11.3 Å². The van der Waals surface area contributed by atoms with Gasteiger partial charge in [0.2, 0.25) is 0 Å². The third kappa shape index (κ3) is 3.78. The Labute approximate surface area is 158 Å². The Kier molecular flexibility index (Phi) is 5.38. The summed E-state index contributed by atoms with van der Waals surface area (Å²) < 4.78 is 0. The first-order valence-corrected chi connectivity index (χ1v) is 9.42. The van der Waals surface area contributed by atoms with Crippen LogP contribution in [-0.2, 0) is 6.54 Å². The highest BCUT2D eigenvalue weighted by Crippen LogP contribution is 2.26. The zero-order valence-electron chi connectivity index (χ0n) is 15.6. The van der Waals surface area contributed by atoms with Crippen molar-refractivity contribution in [1.82, 2.24) is 9.88 Å². The fourth-order valence-electron chi connectivity index (χ4n) is 2.90. The molecule has 0 aliphatic heterocycles. The summed E-state index contributed by atoms with van der Waals surface area (Å²) in [4.78, 5) is 21.4. The number of amides is 1. The van der Waals surface area contributed by atoms with Gasteiger partial charge in [0.15, 0.2) is 0 Å². The van der Waals surface area contributed by atoms with E-state index in [1.54, 1.807) is 16.2 Å². The number of aromatic nitrogens is 1. The van der Waals surface area contributed by atoms with Crippen LogP contribution in [0, 0.1) is 6.92 Å². The van der Waals surface area contributed by atoms with Crippen molar-refractivity contribution in [3.8, 4) is 11.3 Å². The van der Waals surface area contributed by atoms with Crippen molar-refractivity contribution in [3.05, 3.63) is 69.9 Å². The Balaban J connectivity index is 1.94. The molecule has 3 aromatic rings. The van der Waals surface area contributed by atoms with Crippen molar-refractivity contribution < 1.29 is 4.79 Å². The first kappa shape index (κ1) is 18.1. The zero-order chi connectivity index (χ0) is 18.7. The van der Waals surface area contributed by atoms with Gasteiger partial charge in [-0.05, 0) is 47.0 Å². The minimum Gasteiger partial charge on any atom is -0.362 e. The Morgan fingerprint density at radius 2 is 1.85 bits per heavy atom. The van der Waals surface area contributed by atoms with Crippen LogP contribution in [0.15, 0.2) is 53.2 Å². The second-order valence-corrected chi connectivity index (χ2v) is 7.35. The van der Waals surface area contributed by atoms with Crippen LogP contribution in [-0.4, -0.2) is 36.9 Å². The lowest BCUT2D eigenvalue weighted by atomic mass is 10.0. The average Bonchev–Trinajstić information content (AvgIpc) is 3.14. The summed E-state index contributed by atoms with van der Waals surface area (Å²) in [6, 6.07) is 14.0. The summed E-state index contributed by atoms with van der Waals surface area (Å²) in [6.07, 6.45) is 0. The van der Waals surface area contributed by atoms with Crippen molar-refractivity contribution in [2.45, 2.75) is 13.5 Å². The monoisotopic (exact) mass is 365 g/mol. The molecule has 0 N–H and O–H groups in total. The van der Waals surface area contributed by atoms with Crippen LogP contribution in [0.3, 0.4) is 0 Å². The summed E-state index contributed by atoms with van der Waals surface area (Å²) in [5, 5.41) is 4.09. The molecular formula is C21H23N3OS. The summed E-state index contributed by atoms with van der Waals surface area (Å²) in [5.74, 6) is 0.664. The van der Waals surface area contributed by atoms with Gasteiger partial charge in [-0.25, -0.2) is 4.98 Å². The molecule has 2 aromatic heterocycles. The van der Waals surface area contributed by atoms with Crippen LogP contribution in [0.5, 0.6) is 0 Å². The number of carbonyl (C=O) groups excluding carboxylic acids is 1. The SMILES string of the molecule is Cc1ccccc1-c1ccc(C(=O)N(C)Cc2ccsc2)c(N(C)C)n1. The molecule has 4 nitrogen and oxygen atoms in total. The highest BCUT2D eigenvalue weighted by molar-refractivity contribution is 7.07. The first-order valence-electron chi connectivity index (χ1n) is 8.48. The number of anilines is 1. The molecule has 1 aromatic carbocycles. The molecule has 0 aliphatic carbocycles. The molecule has 0 atom stereocenters. The molecule has 0 fully saturated rings. The van der Waals surface area contributed by atoms with Crippen molar-refractivity contribution >= 4 is 23.1 Å².